The van der Waals surface area contributed by atoms with Crippen LogP contribution in [0.2, 0.25) is 0 Å². The Balaban J connectivity index is 1.54. The fourth-order valence-corrected chi connectivity index (χ4v) is 2.94. The maximum absolute atomic E-state index is 12.9. The van der Waals surface area contributed by atoms with E-state index in [4.69, 9.17) is 4.74 Å². The third-order valence-electron chi connectivity index (χ3n) is 4.26. The highest BCUT2D eigenvalue weighted by Crippen LogP contribution is 2.30. The Kier molecular flexibility index (Phi) is 5.05. The summed E-state index contributed by atoms with van der Waals surface area (Å²) < 4.78 is 18.8. The number of ether oxygens (including phenoxy) is 1. The second kappa shape index (κ2) is 7.40. The molecule has 0 amide bonds. The van der Waals surface area contributed by atoms with Crippen molar-refractivity contribution in [1.82, 2.24) is 0 Å². The van der Waals surface area contributed by atoms with Crippen molar-refractivity contribution >= 4 is 11.4 Å². The molecule has 24 heavy (non-hydrogen) atoms. The normalized spacial score (nSPS) is 15.5. The van der Waals surface area contributed by atoms with Crippen LogP contribution in [-0.4, -0.2) is 24.1 Å². The van der Waals surface area contributed by atoms with E-state index in [0.717, 1.165) is 31.5 Å². The zero-order valence-electron chi connectivity index (χ0n) is 13.2. The third-order valence-corrected chi connectivity index (χ3v) is 4.26. The lowest BCUT2D eigenvalue weighted by molar-refractivity contribution is -0.384. The van der Waals surface area contributed by atoms with Crippen molar-refractivity contribution in [1.29, 1.82) is 0 Å². The van der Waals surface area contributed by atoms with Gasteiger partial charge < -0.3 is 9.64 Å². The van der Waals surface area contributed by atoms with Crippen LogP contribution in [0.1, 0.15) is 18.4 Å². The first kappa shape index (κ1) is 16.4. The minimum absolute atomic E-state index is 0.120. The molecule has 1 fully saturated rings. The third kappa shape index (κ3) is 3.89. The van der Waals surface area contributed by atoms with Gasteiger partial charge in [0, 0.05) is 19.2 Å². The van der Waals surface area contributed by atoms with E-state index in [2.05, 4.69) is 0 Å². The van der Waals surface area contributed by atoms with E-state index in [0.29, 0.717) is 12.3 Å². The largest absolute Gasteiger partial charge is 0.373 e. The zero-order valence-corrected chi connectivity index (χ0v) is 13.2. The van der Waals surface area contributed by atoms with Crippen LogP contribution in [0.15, 0.2) is 48.5 Å². The van der Waals surface area contributed by atoms with Gasteiger partial charge in [0.05, 0.1) is 17.6 Å². The molecule has 0 radical (unpaired) electrons. The lowest BCUT2D eigenvalue weighted by atomic mass is 10.1. The van der Waals surface area contributed by atoms with Gasteiger partial charge in [-0.2, -0.15) is 0 Å². The molecule has 0 N–H and O–H groups in total. The minimum Gasteiger partial charge on any atom is -0.373 e. The molecule has 1 saturated heterocycles. The Bertz CT molecular complexity index is 698. The van der Waals surface area contributed by atoms with Gasteiger partial charge in [-0.05, 0) is 36.6 Å². The van der Waals surface area contributed by atoms with E-state index in [1.165, 1.54) is 18.2 Å². The van der Waals surface area contributed by atoms with E-state index in [-0.39, 0.29) is 22.5 Å². The maximum Gasteiger partial charge on any atom is 0.292 e. The van der Waals surface area contributed by atoms with Crippen molar-refractivity contribution in [3.63, 3.8) is 0 Å². The minimum atomic E-state index is -0.341. The van der Waals surface area contributed by atoms with Gasteiger partial charge in [-0.1, -0.05) is 24.3 Å². The molecule has 0 aliphatic carbocycles. The number of nitrogens with zero attached hydrogens (tertiary/aromatic N) is 2. The Morgan fingerprint density at radius 3 is 2.46 bits per heavy atom. The summed E-state index contributed by atoms with van der Waals surface area (Å²) in [4.78, 5) is 12.8. The maximum atomic E-state index is 12.9. The molecule has 0 unspecified atom stereocenters. The van der Waals surface area contributed by atoms with Crippen molar-refractivity contribution < 1.29 is 14.1 Å². The number of anilines is 1. The van der Waals surface area contributed by atoms with Gasteiger partial charge in [0.1, 0.15) is 11.5 Å². The van der Waals surface area contributed by atoms with Crippen LogP contribution >= 0.6 is 0 Å². The molecule has 1 aliphatic heterocycles. The van der Waals surface area contributed by atoms with Gasteiger partial charge >= 0.3 is 0 Å². The van der Waals surface area contributed by atoms with Crippen LogP contribution in [0.4, 0.5) is 15.8 Å². The van der Waals surface area contributed by atoms with E-state index < -0.39 is 0 Å². The first-order valence-corrected chi connectivity index (χ1v) is 7.98. The highest BCUT2D eigenvalue weighted by atomic mass is 19.1. The topological polar surface area (TPSA) is 55.6 Å². The quantitative estimate of drug-likeness (QED) is 0.616. The molecule has 0 bridgehead atoms. The first-order valence-electron chi connectivity index (χ1n) is 7.98. The number of hydrogen-bond acceptors (Lipinski definition) is 4. The first-order chi connectivity index (χ1) is 11.6. The van der Waals surface area contributed by atoms with Gasteiger partial charge in [0.2, 0.25) is 0 Å². The second-order valence-electron chi connectivity index (χ2n) is 5.87. The molecular weight excluding hydrogens is 311 g/mol. The fraction of sp³-hybridized carbons (Fsp3) is 0.333. The standard InChI is InChI=1S/C18H19FN2O3/c19-15-7-5-14(6-8-15)13-24-16-9-11-20(12-10-16)17-3-1-2-4-18(17)21(22)23/h1-8,16H,9-13H2. The van der Waals surface area contributed by atoms with Crippen LogP contribution < -0.4 is 4.90 Å². The molecule has 1 heterocycles. The predicted molar refractivity (Wildman–Crippen MR) is 89.5 cm³/mol. The molecule has 0 aromatic heterocycles. The van der Waals surface area contributed by atoms with Crippen LogP contribution in [0, 0.1) is 15.9 Å². The zero-order chi connectivity index (χ0) is 16.9. The van der Waals surface area contributed by atoms with Gasteiger partial charge in [-0.25, -0.2) is 4.39 Å². The number of rotatable bonds is 5. The summed E-state index contributed by atoms with van der Waals surface area (Å²) in [6.45, 7) is 1.90. The summed E-state index contributed by atoms with van der Waals surface area (Å²) in [5.41, 5.74) is 1.75. The molecule has 0 spiro atoms. The van der Waals surface area contributed by atoms with Gasteiger partial charge in [0.15, 0.2) is 0 Å². The summed E-state index contributed by atoms with van der Waals surface area (Å²) in [6, 6.07) is 13.1. The molecule has 2 aromatic rings. The van der Waals surface area contributed by atoms with E-state index in [1.807, 2.05) is 11.0 Å². The van der Waals surface area contributed by atoms with Gasteiger partial charge in [0.25, 0.3) is 5.69 Å². The Morgan fingerprint density at radius 1 is 1.12 bits per heavy atom. The summed E-state index contributed by atoms with van der Waals surface area (Å²) >= 11 is 0. The number of benzene rings is 2. The number of hydrogen-bond donors (Lipinski definition) is 0. The Hall–Kier alpha value is -2.47. The molecule has 3 rings (SSSR count). The summed E-state index contributed by atoms with van der Waals surface area (Å²) in [5.74, 6) is -0.253. The van der Waals surface area contributed by atoms with Crippen LogP contribution in [0.3, 0.4) is 0 Å². The van der Waals surface area contributed by atoms with E-state index in [9.17, 15) is 14.5 Å². The van der Waals surface area contributed by atoms with Gasteiger partial charge in [-0.3, -0.25) is 10.1 Å². The van der Waals surface area contributed by atoms with Crippen LogP contribution in [0.5, 0.6) is 0 Å². The number of halogens is 1. The predicted octanol–water partition coefficient (Wildman–Crippen LogP) is 3.92. The van der Waals surface area contributed by atoms with Crippen molar-refractivity contribution in [2.75, 3.05) is 18.0 Å². The smallest absolute Gasteiger partial charge is 0.292 e. The summed E-state index contributed by atoms with van der Waals surface area (Å²) in [6.07, 6.45) is 1.74. The summed E-state index contributed by atoms with van der Waals surface area (Å²) in [7, 11) is 0. The average molecular weight is 330 g/mol. The van der Waals surface area contributed by atoms with Crippen LogP contribution in [-0.2, 0) is 11.3 Å². The highest BCUT2D eigenvalue weighted by Gasteiger charge is 2.24. The Morgan fingerprint density at radius 2 is 1.79 bits per heavy atom. The molecule has 2 aromatic carbocycles. The number of nitro groups is 1. The number of para-hydroxylation sites is 2. The van der Waals surface area contributed by atoms with Crippen molar-refractivity contribution in [2.24, 2.45) is 0 Å². The van der Waals surface area contributed by atoms with Gasteiger partial charge in [-0.15, -0.1) is 0 Å². The monoisotopic (exact) mass is 330 g/mol. The highest BCUT2D eigenvalue weighted by molar-refractivity contribution is 5.63. The molecular formula is C18H19FN2O3. The molecule has 126 valence electrons. The lowest BCUT2D eigenvalue weighted by Crippen LogP contribution is -2.37. The Labute approximate surface area is 139 Å². The van der Waals surface area contributed by atoms with E-state index >= 15 is 0 Å². The summed E-state index contributed by atoms with van der Waals surface area (Å²) in [5, 5.41) is 11.1. The number of piperidine rings is 1. The second-order valence-corrected chi connectivity index (χ2v) is 5.87. The van der Waals surface area contributed by atoms with Crippen LogP contribution in [0.25, 0.3) is 0 Å². The number of nitro benzene ring substituents is 1. The fourth-order valence-electron chi connectivity index (χ4n) is 2.94. The molecule has 5 nitrogen and oxygen atoms in total. The van der Waals surface area contributed by atoms with Crippen molar-refractivity contribution in [3.8, 4) is 0 Å². The molecule has 0 atom stereocenters. The lowest BCUT2D eigenvalue weighted by Gasteiger charge is -2.33. The van der Waals surface area contributed by atoms with Crippen molar-refractivity contribution in [2.45, 2.75) is 25.6 Å². The average Bonchev–Trinajstić information content (AvgIpc) is 2.62. The molecule has 1 aliphatic rings. The molecule has 0 saturated carbocycles. The van der Waals surface area contributed by atoms with E-state index in [1.54, 1.807) is 24.3 Å². The molecule has 6 heteroatoms. The van der Waals surface area contributed by atoms with Crippen molar-refractivity contribution in [3.05, 3.63) is 70.0 Å². The SMILES string of the molecule is O=[N+]([O-])c1ccccc1N1CCC(OCc2ccc(F)cc2)CC1.